The molecule has 0 radical (unpaired) electrons. The van der Waals surface area contributed by atoms with Gasteiger partial charge in [-0.2, -0.15) is 0 Å². The normalized spacial score (nSPS) is 13.0. The first-order valence-corrected chi connectivity index (χ1v) is 10.6. The lowest BCUT2D eigenvalue weighted by Crippen LogP contribution is -2.32. The van der Waals surface area contributed by atoms with Crippen LogP contribution in [0.4, 0.5) is 0 Å². The maximum Gasteiger partial charge on any atom is 0.261 e. The number of carbonyl (C=O) groups is 1. The van der Waals surface area contributed by atoms with Crippen LogP contribution in [-0.4, -0.2) is 17.4 Å². The highest BCUT2D eigenvalue weighted by molar-refractivity contribution is 7.20. The van der Waals surface area contributed by atoms with E-state index in [1.165, 1.54) is 16.9 Å². The Kier molecular flexibility index (Phi) is 5.11. The van der Waals surface area contributed by atoms with Crippen LogP contribution in [0.2, 0.25) is 0 Å². The van der Waals surface area contributed by atoms with Gasteiger partial charge in [0.25, 0.3) is 5.91 Å². The maximum atomic E-state index is 12.9. The molecule has 0 unspecified atom stereocenters. The molecule has 1 amide bonds. The third-order valence-electron chi connectivity index (χ3n) is 5.13. The van der Waals surface area contributed by atoms with Crippen LogP contribution in [0.3, 0.4) is 0 Å². The summed E-state index contributed by atoms with van der Waals surface area (Å²) in [6.07, 6.45) is 0. The first-order chi connectivity index (χ1) is 13.8. The number of hydrogen-bond acceptors (Lipinski definition) is 4. The number of fused-ring (bicyclic) bond motifs is 2. The number of thiophene rings is 1. The Morgan fingerprint density at radius 3 is 2.52 bits per heavy atom. The zero-order valence-electron chi connectivity index (χ0n) is 16.9. The van der Waals surface area contributed by atoms with E-state index < -0.39 is 0 Å². The Morgan fingerprint density at radius 2 is 1.83 bits per heavy atom. The lowest BCUT2D eigenvalue weighted by atomic mass is 9.86. The van der Waals surface area contributed by atoms with Crippen LogP contribution < -0.4 is 11.1 Å². The fourth-order valence-corrected chi connectivity index (χ4v) is 4.33. The number of carbonyl (C=O) groups excluding carboxylic acids is 1. The molecule has 0 fully saturated rings. The Bertz CT molecular complexity index is 1180. The molecule has 2 heterocycles. The predicted molar refractivity (Wildman–Crippen MR) is 122 cm³/mol. The van der Waals surface area contributed by atoms with Crippen molar-refractivity contribution < 1.29 is 4.79 Å². The van der Waals surface area contributed by atoms with E-state index >= 15 is 0 Å². The zero-order chi connectivity index (χ0) is 20.6. The van der Waals surface area contributed by atoms with E-state index in [4.69, 9.17) is 10.7 Å². The van der Waals surface area contributed by atoms with Gasteiger partial charge in [0.2, 0.25) is 0 Å². The maximum absolute atomic E-state index is 12.9. The van der Waals surface area contributed by atoms with Gasteiger partial charge in [0.15, 0.2) is 0 Å². The van der Waals surface area contributed by atoms with Gasteiger partial charge in [-0.3, -0.25) is 4.79 Å². The van der Waals surface area contributed by atoms with Crippen molar-refractivity contribution in [2.75, 3.05) is 6.54 Å². The number of nitrogens with two attached hydrogens (primary N) is 1. The SMILES string of the molecule is CC(C)(C)c1ccc2nc3sc(C(=O)N[C@H](CN)c4ccccc4)cc3cc2c1. The molecule has 0 aliphatic rings. The number of amides is 1. The molecule has 1 atom stereocenters. The van der Waals surface area contributed by atoms with Gasteiger partial charge in [-0.1, -0.05) is 57.2 Å². The van der Waals surface area contributed by atoms with Crippen molar-refractivity contribution in [2.45, 2.75) is 32.2 Å². The van der Waals surface area contributed by atoms with Crippen molar-refractivity contribution >= 4 is 38.4 Å². The summed E-state index contributed by atoms with van der Waals surface area (Å²) in [4.78, 5) is 19.1. The van der Waals surface area contributed by atoms with Gasteiger partial charge in [-0.25, -0.2) is 4.98 Å². The van der Waals surface area contributed by atoms with Crippen molar-refractivity contribution in [2.24, 2.45) is 5.73 Å². The minimum absolute atomic E-state index is 0.0809. The molecule has 148 valence electrons. The Labute approximate surface area is 174 Å². The molecule has 4 rings (SSSR count). The lowest BCUT2D eigenvalue weighted by molar-refractivity contribution is 0.0942. The molecule has 4 aromatic rings. The van der Waals surface area contributed by atoms with Crippen molar-refractivity contribution in [3.05, 3.63) is 76.7 Å². The number of nitrogens with zero attached hydrogens (tertiary/aromatic N) is 1. The monoisotopic (exact) mass is 403 g/mol. The number of nitrogens with one attached hydrogen (secondary N) is 1. The quantitative estimate of drug-likeness (QED) is 0.493. The zero-order valence-corrected chi connectivity index (χ0v) is 17.7. The molecule has 2 aromatic carbocycles. The molecule has 0 aliphatic carbocycles. The molecule has 0 bridgehead atoms. The van der Waals surface area contributed by atoms with Crippen LogP contribution in [0.25, 0.3) is 21.1 Å². The highest BCUT2D eigenvalue weighted by Crippen LogP contribution is 2.31. The fourth-order valence-electron chi connectivity index (χ4n) is 3.41. The van der Waals surface area contributed by atoms with E-state index in [2.05, 4.69) is 50.4 Å². The van der Waals surface area contributed by atoms with Crippen LogP contribution in [0.5, 0.6) is 0 Å². The van der Waals surface area contributed by atoms with Crippen molar-refractivity contribution in [1.29, 1.82) is 0 Å². The summed E-state index contributed by atoms with van der Waals surface area (Å²) in [5, 5.41) is 5.13. The highest BCUT2D eigenvalue weighted by atomic mass is 32.1. The number of pyridine rings is 1. The second kappa shape index (κ2) is 7.58. The minimum atomic E-state index is -0.213. The van der Waals surface area contributed by atoms with Crippen LogP contribution in [-0.2, 0) is 5.41 Å². The van der Waals surface area contributed by atoms with Crippen molar-refractivity contribution in [1.82, 2.24) is 10.3 Å². The number of hydrogen-bond donors (Lipinski definition) is 2. The van der Waals surface area contributed by atoms with Gasteiger partial charge in [0.05, 0.1) is 16.4 Å². The van der Waals surface area contributed by atoms with Gasteiger partial charge < -0.3 is 11.1 Å². The average Bonchev–Trinajstić information content (AvgIpc) is 3.12. The summed E-state index contributed by atoms with van der Waals surface area (Å²) in [7, 11) is 0. The second-order valence-electron chi connectivity index (χ2n) is 8.32. The first-order valence-electron chi connectivity index (χ1n) is 9.76. The molecule has 4 nitrogen and oxygen atoms in total. The van der Waals surface area contributed by atoms with E-state index in [9.17, 15) is 4.79 Å². The van der Waals surface area contributed by atoms with Crippen molar-refractivity contribution in [3.63, 3.8) is 0 Å². The smallest absolute Gasteiger partial charge is 0.261 e. The van der Waals surface area contributed by atoms with Crippen LogP contribution in [0.1, 0.15) is 47.6 Å². The second-order valence-corrected chi connectivity index (χ2v) is 9.35. The van der Waals surface area contributed by atoms with E-state index in [0.29, 0.717) is 11.4 Å². The molecule has 29 heavy (non-hydrogen) atoms. The summed E-state index contributed by atoms with van der Waals surface area (Å²) >= 11 is 1.41. The predicted octanol–water partition coefficient (Wildman–Crippen LogP) is 5.18. The van der Waals surface area contributed by atoms with Crippen LogP contribution in [0.15, 0.2) is 60.7 Å². The topological polar surface area (TPSA) is 68.0 Å². The van der Waals surface area contributed by atoms with E-state index in [-0.39, 0.29) is 17.4 Å². The Hall–Kier alpha value is -2.76. The van der Waals surface area contributed by atoms with Crippen LogP contribution in [0, 0.1) is 0 Å². The Balaban J connectivity index is 1.65. The molecular formula is C24H25N3OS. The Morgan fingerprint density at radius 1 is 1.07 bits per heavy atom. The lowest BCUT2D eigenvalue weighted by Gasteiger charge is -2.19. The number of benzene rings is 2. The molecule has 5 heteroatoms. The average molecular weight is 404 g/mol. The van der Waals surface area contributed by atoms with E-state index in [1.54, 1.807) is 0 Å². The van der Waals surface area contributed by atoms with Gasteiger partial charge in [0.1, 0.15) is 4.83 Å². The third kappa shape index (κ3) is 4.02. The fraction of sp³-hybridized carbons (Fsp3) is 0.250. The van der Waals surface area contributed by atoms with Crippen molar-refractivity contribution in [3.8, 4) is 0 Å². The number of aromatic nitrogens is 1. The van der Waals surface area contributed by atoms with Gasteiger partial charge in [-0.05, 0) is 40.8 Å². The van der Waals surface area contributed by atoms with E-state index in [1.807, 2.05) is 36.4 Å². The molecule has 0 aliphatic heterocycles. The summed E-state index contributed by atoms with van der Waals surface area (Å²) < 4.78 is 0. The van der Waals surface area contributed by atoms with Gasteiger partial charge >= 0.3 is 0 Å². The molecule has 0 saturated carbocycles. The third-order valence-corrected chi connectivity index (χ3v) is 6.18. The summed E-state index contributed by atoms with van der Waals surface area (Å²) in [6, 6.07) is 20.0. The molecule has 2 aromatic heterocycles. The summed E-state index contributed by atoms with van der Waals surface area (Å²) in [6.45, 7) is 6.95. The van der Waals surface area contributed by atoms with Gasteiger partial charge in [-0.15, -0.1) is 11.3 Å². The highest BCUT2D eigenvalue weighted by Gasteiger charge is 2.18. The largest absolute Gasteiger partial charge is 0.343 e. The van der Waals surface area contributed by atoms with Gasteiger partial charge in [0, 0.05) is 17.3 Å². The minimum Gasteiger partial charge on any atom is -0.343 e. The molecule has 0 spiro atoms. The molecule has 3 N–H and O–H groups in total. The summed E-state index contributed by atoms with van der Waals surface area (Å²) in [5.74, 6) is -0.119. The van der Waals surface area contributed by atoms with E-state index in [0.717, 1.165) is 26.7 Å². The van der Waals surface area contributed by atoms with Crippen LogP contribution >= 0.6 is 11.3 Å². The summed E-state index contributed by atoms with van der Waals surface area (Å²) in [5.41, 5.74) is 9.20. The first kappa shape index (κ1) is 19.6. The standard InChI is InChI=1S/C24H25N3OS/c1-24(2,3)18-9-10-19-16(12-18)11-17-13-21(29-23(17)27-19)22(28)26-20(14-25)15-7-5-4-6-8-15/h4-13,20H,14,25H2,1-3H3,(H,26,28)/t20-/m1/s1. The number of rotatable bonds is 4. The molecule has 0 saturated heterocycles. The molecular weight excluding hydrogens is 378 g/mol.